The van der Waals surface area contributed by atoms with E-state index < -0.39 is 0 Å². The molecule has 2 aromatic heterocycles. The second kappa shape index (κ2) is 8.56. The molecule has 7 heteroatoms. The van der Waals surface area contributed by atoms with E-state index >= 15 is 0 Å². The van der Waals surface area contributed by atoms with E-state index in [-0.39, 0.29) is 0 Å². The van der Waals surface area contributed by atoms with Crippen LogP contribution in [0.25, 0.3) is 5.65 Å². The van der Waals surface area contributed by atoms with Crippen LogP contribution in [0.1, 0.15) is 63.1 Å². The number of fused-ring (bicyclic) bond motifs is 1. The number of hydrogen-bond donors (Lipinski definition) is 0. The first-order valence-corrected chi connectivity index (χ1v) is 11.7. The predicted octanol–water partition coefficient (Wildman–Crippen LogP) is 2.78. The van der Waals surface area contributed by atoms with Crippen molar-refractivity contribution < 1.29 is 0 Å². The summed E-state index contributed by atoms with van der Waals surface area (Å²) in [5.41, 5.74) is 0.880. The zero-order valence-electron chi connectivity index (χ0n) is 17.8. The zero-order chi connectivity index (χ0) is 19.6. The zero-order valence-corrected chi connectivity index (χ0v) is 17.8. The van der Waals surface area contributed by atoms with Gasteiger partial charge in [0.1, 0.15) is 5.82 Å². The summed E-state index contributed by atoms with van der Waals surface area (Å²) in [6.07, 6.45) is 10.3. The Morgan fingerprint density at radius 2 is 1.69 bits per heavy atom. The second-order valence-corrected chi connectivity index (χ2v) is 9.25. The summed E-state index contributed by atoms with van der Waals surface area (Å²) < 4.78 is 2.02. The Morgan fingerprint density at radius 3 is 2.48 bits per heavy atom. The molecular weight excluding hydrogens is 362 g/mol. The summed E-state index contributed by atoms with van der Waals surface area (Å²) in [5, 5.41) is 13.9. The Morgan fingerprint density at radius 1 is 0.897 bits per heavy atom. The lowest BCUT2D eigenvalue weighted by molar-refractivity contribution is 0.141. The van der Waals surface area contributed by atoms with Crippen molar-refractivity contribution in [1.29, 1.82) is 0 Å². The molecule has 0 N–H and O–H groups in total. The number of anilines is 1. The van der Waals surface area contributed by atoms with Gasteiger partial charge in [-0.05, 0) is 90.3 Å². The monoisotopic (exact) mass is 397 g/mol. The van der Waals surface area contributed by atoms with E-state index in [1.54, 1.807) is 0 Å². The second-order valence-electron chi connectivity index (χ2n) is 9.25. The average Bonchev–Trinajstić information content (AvgIpc) is 3.43. The van der Waals surface area contributed by atoms with Gasteiger partial charge in [-0.2, -0.15) is 4.52 Å². The Hall–Kier alpha value is -1.73. The standard InChI is InChI=1S/C22H35N7/c1-26-12-3-2-6-19(26)11-17-27-15-9-18(10-16-27)22-24-23-20-7-8-21(25-29(20)22)28-13-4-5-14-28/h7-8,18-19H,2-6,9-17H2,1H3. The van der Waals surface area contributed by atoms with Crippen molar-refractivity contribution in [2.45, 2.75) is 63.3 Å². The third-order valence-electron chi connectivity index (χ3n) is 7.36. The van der Waals surface area contributed by atoms with Crippen molar-refractivity contribution in [2.75, 3.05) is 51.2 Å². The Balaban J connectivity index is 1.20. The topological polar surface area (TPSA) is 52.8 Å². The van der Waals surface area contributed by atoms with Crippen LogP contribution in [-0.4, -0.2) is 82.0 Å². The fourth-order valence-electron chi connectivity index (χ4n) is 5.42. The van der Waals surface area contributed by atoms with Gasteiger partial charge < -0.3 is 14.7 Å². The van der Waals surface area contributed by atoms with Crippen LogP contribution in [0.3, 0.4) is 0 Å². The number of likely N-dealkylation sites (tertiary alicyclic amines) is 2. The van der Waals surface area contributed by atoms with Crippen LogP contribution in [0.4, 0.5) is 5.82 Å². The van der Waals surface area contributed by atoms with E-state index in [9.17, 15) is 0 Å². The summed E-state index contributed by atoms with van der Waals surface area (Å²) >= 11 is 0. The summed E-state index contributed by atoms with van der Waals surface area (Å²) in [4.78, 5) is 7.61. The summed E-state index contributed by atoms with van der Waals surface area (Å²) in [7, 11) is 2.30. The largest absolute Gasteiger partial charge is 0.355 e. The lowest BCUT2D eigenvalue weighted by atomic mass is 9.95. The molecule has 3 aliphatic rings. The molecule has 3 saturated heterocycles. The predicted molar refractivity (Wildman–Crippen MR) is 116 cm³/mol. The molecule has 0 spiro atoms. The van der Waals surface area contributed by atoms with Crippen LogP contribution in [0.2, 0.25) is 0 Å². The van der Waals surface area contributed by atoms with Crippen LogP contribution in [-0.2, 0) is 0 Å². The molecule has 0 aromatic carbocycles. The SMILES string of the molecule is CN1CCCCC1CCN1CCC(c2nnc3ccc(N4CCCC4)nn23)CC1. The lowest BCUT2D eigenvalue weighted by Crippen LogP contribution is -2.41. The highest BCUT2D eigenvalue weighted by molar-refractivity contribution is 5.46. The molecule has 0 bridgehead atoms. The van der Waals surface area contributed by atoms with Gasteiger partial charge in [-0.25, -0.2) is 0 Å². The third-order valence-corrected chi connectivity index (χ3v) is 7.36. The van der Waals surface area contributed by atoms with Gasteiger partial charge in [0.2, 0.25) is 0 Å². The number of nitrogens with zero attached hydrogens (tertiary/aromatic N) is 7. The van der Waals surface area contributed by atoms with Crippen LogP contribution in [0, 0.1) is 0 Å². The molecule has 0 saturated carbocycles. The molecule has 0 aliphatic carbocycles. The van der Waals surface area contributed by atoms with E-state index in [1.165, 1.54) is 64.7 Å². The number of rotatable bonds is 5. The maximum atomic E-state index is 4.92. The van der Waals surface area contributed by atoms with Crippen LogP contribution < -0.4 is 4.90 Å². The fraction of sp³-hybridized carbons (Fsp3) is 0.773. The first-order chi connectivity index (χ1) is 14.3. The van der Waals surface area contributed by atoms with Gasteiger partial charge in [0.15, 0.2) is 11.5 Å². The van der Waals surface area contributed by atoms with Crippen molar-refractivity contribution in [3.05, 3.63) is 18.0 Å². The van der Waals surface area contributed by atoms with E-state index in [4.69, 9.17) is 5.10 Å². The average molecular weight is 398 g/mol. The minimum absolute atomic E-state index is 0.472. The lowest BCUT2D eigenvalue weighted by Gasteiger charge is -2.36. The van der Waals surface area contributed by atoms with Gasteiger partial charge >= 0.3 is 0 Å². The number of hydrogen-bond acceptors (Lipinski definition) is 6. The highest BCUT2D eigenvalue weighted by Crippen LogP contribution is 2.28. The first kappa shape index (κ1) is 19.2. The van der Waals surface area contributed by atoms with E-state index in [0.29, 0.717) is 5.92 Å². The van der Waals surface area contributed by atoms with E-state index in [0.717, 1.165) is 49.3 Å². The highest BCUT2D eigenvalue weighted by Gasteiger charge is 2.27. The van der Waals surface area contributed by atoms with E-state index in [2.05, 4.69) is 44.1 Å². The summed E-state index contributed by atoms with van der Waals surface area (Å²) in [6.45, 7) is 7.08. The van der Waals surface area contributed by atoms with Gasteiger partial charge in [-0.1, -0.05) is 6.42 Å². The molecule has 5 rings (SSSR count). The molecule has 1 unspecified atom stereocenters. The quantitative estimate of drug-likeness (QED) is 0.773. The molecule has 0 radical (unpaired) electrons. The molecule has 3 aliphatic heterocycles. The number of aromatic nitrogens is 4. The van der Waals surface area contributed by atoms with Crippen molar-refractivity contribution in [3.8, 4) is 0 Å². The smallest absolute Gasteiger partial charge is 0.178 e. The van der Waals surface area contributed by atoms with Crippen LogP contribution in [0.5, 0.6) is 0 Å². The van der Waals surface area contributed by atoms with Gasteiger partial charge in [0.05, 0.1) is 0 Å². The molecule has 5 heterocycles. The molecule has 29 heavy (non-hydrogen) atoms. The van der Waals surface area contributed by atoms with Gasteiger partial charge in [-0.15, -0.1) is 15.3 Å². The molecular formula is C22H35N7. The van der Waals surface area contributed by atoms with Crippen LogP contribution in [0.15, 0.2) is 12.1 Å². The van der Waals surface area contributed by atoms with Gasteiger partial charge in [-0.3, -0.25) is 0 Å². The maximum Gasteiger partial charge on any atom is 0.178 e. The highest BCUT2D eigenvalue weighted by atomic mass is 15.4. The Kier molecular flexibility index (Phi) is 5.68. The fourth-order valence-corrected chi connectivity index (χ4v) is 5.42. The molecule has 1 atom stereocenters. The van der Waals surface area contributed by atoms with Crippen molar-refractivity contribution in [1.82, 2.24) is 29.6 Å². The molecule has 2 aromatic rings. The molecule has 7 nitrogen and oxygen atoms in total. The van der Waals surface area contributed by atoms with Crippen molar-refractivity contribution >= 4 is 11.5 Å². The van der Waals surface area contributed by atoms with Crippen LogP contribution >= 0.6 is 0 Å². The summed E-state index contributed by atoms with van der Waals surface area (Å²) in [5.74, 6) is 2.61. The minimum Gasteiger partial charge on any atom is -0.355 e. The maximum absolute atomic E-state index is 4.92. The minimum atomic E-state index is 0.472. The molecule has 0 amide bonds. The van der Waals surface area contributed by atoms with Gasteiger partial charge in [0.25, 0.3) is 0 Å². The Labute approximate surface area is 174 Å². The van der Waals surface area contributed by atoms with Crippen molar-refractivity contribution in [2.24, 2.45) is 0 Å². The normalized spacial score (nSPS) is 25.3. The van der Waals surface area contributed by atoms with E-state index in [1.807, 2.05) is 4.52 Å². The first-order valence-electron chi connectivity index (χ1n) is 11.7. The van der Waals surface area contributed by atoms with Gasteiger partial charge in [0, 0.05) is 25.0 Å². The third kappa shape index (κ3) is 4.12. The molecule has 3 fully saturated rings. The summed E-state index contributed by atoms with van der Waals surface area (Å²) in [6, 6.07) is 4.96. The molecule has 158 valence electrons. The number of piperidine rings is 2. The van der Waals surface area contributed by atoms with Crippen molar-refractivity contribution in [3.63, 3.8) is 0 Å². The Bertz CT molecular complexity index is 805.